The van der Waals surface area contributed by atoms with Crippen LogP contribution in [0.15, 0.2) is 65.8 Å². The molecule has 0 aliphatic carbocycles. The first-order valence-corrected chi connectivity index (χ1v) is 16.8. The van der Waals surface area contributed by atoms with Crippen molar-refractivity contribution >= 4 is 38.4 Å². The van der Waals surface area contributed by atoms with E-state index in [4.69, 9.17) is 4.74 Å². The molecule has 2 aromatic heterocycles. The van der Waals surface area contributed by atoms with Crippen molar-refractivity contribution in [3.8, 4) is 11.3 Å². The fourth-order valence-corrected chi connectivity index (χ4v) is 7.24. The smallest absolute Gasteiger partial charge is 0.252 e. The van der Waals surface area contributed by atoms with Crippen molar-refractivity contribution in [2.24, 2.45) is 5.92 Å². The highest BCUT2D eigenvalue weighted by atomic mass is 33.1. The fraction of sp³-hybridized carbons (Fsp3) is 0.375. The number of nitrogens with one attached hydrogen (secondary N) is 3. The summed E-state index contributed by atoms with van der Waals surface area (Å²) in [6.45, 7) is 5.72. The second-order valence-electron chi connectivity index (χ2n) is 10.9. The maximum atomic E-state index is 15.1. The van der Waals surface area contributed by atoms with Gasteiger partial charge in [0, 0.05) is 30.4 Å². The largest absolute Gasteiger partial charge is 0.356 e. The summed E-state index contributed by atoms with van der Waals surface area (Å²) < 4.78 is 23.0. The van der Waals surface area contributed by atoms with Gasteiger partial charge in [-0.25, -0.2) is 14.7 Å². The summed E-state index contributed by atoms with van der Waals surface area (Å²) in [4.78, 5) is 17.3. The van der Waals surface area contributed by atoms with Crippen LogP contribution in [0.1, 0.15) is 47.9 Å². The van der Waals surface area contributed by atoms with Gasteiger partial charge in [0.15, 0.2) is 0 Å². The van der Waals surface area contributed by atoms with Crippen LogP contribution in [0.25, 0.3) is 22.2 Å². The molecule has 0 fully saturated rings. The molecule has 1 amide bonds. The van der Waals surface area contributed by atoms with Crippen molar-refractivity contribution in [3.05, 3.63) is 83.3 Å². The zero-order valence-electron chi connectivity index (χ0n) is 24.6. The number of pyridine rings is 1. The summed E-state index contributed by atoms with van der Waals surface area (Å²) >= 11 is 0. The molecule has 0 bridgehead atoms. The lowest BCUT2D eigenvalue weighted by Gasteiger charge is -2.28. The van der Waals surface area contributed by atoms with E-state index in [2.05, 4.69) is 63.6 Å². The first-order valence-electron chi connectivity index (χ1n) is 14.5. The van der Waals surface area contributed by atoms with Crippen molar-refractivity contribution in [2.45, 2.75) is 50.8 Å². The van der Waals surface area contributed by atoms with Gasteiger partial charge in [-0.1, -0.05) is 55.0 Å². The lowest BCUT2D eigenvalue weighted by molar-refractivity contribution is -0.126. The molecule has 4 N–H and O–H groups in total. The predicted octanol–water partition coefficient (Wildman–Crippen LogP) is 5.72. The van der Waals surface area contributed by atoms with E-state index in [1.54, 1.807) is 27.8 Å². The molecule has 0 radical (unpaired) electrons. The molecular formula is C32H38FN5O3S2. The number of aliphatic hydroxyl groups excluding tert-OH is 1. The van der Waals surface area contributed by atoms with Crippen molar-refractivity contribution < 1.29 is 19.0 Å². The van der Waals surface area contributed by atoms with Gasteiger partial charge in [-0.3, -0.25) is 4.79 Å². The van der Waals surface area contributed by atoms with Gasteiger partial charge in [0.25, 0.3) is 5.91 Å². The molecule has 0 saturated carbocycles. The van der Waals surface area contributed by atoms with Crippen LogP contribution in [-0.4, -0.2) is 52.9 Å². The SMILES string of the molecule is CNCc1ccc(-c2c3c4c(cc(F)cc4n2C(CC(C)C)NC(O)OCCSSc2ccccn2)C(=O)NCC3)cc1. The van der Waals surface area contributed by atoms with Gasteiger partial charge in [-0.15, -0.1) is 0 Å². The Bertz CT molecular complexity index is 1530. The van der Waals surface area contributed by atoms with E-state index < -0.39 is 18.4 Å². The number of carbonyl (C=O) groups excluding carboxylic acids is 1. The molecule has 1 aliphatic rings. The Morgan fingerprint density at radius 3 is 2.72 bits per heavy atom. The lowest BCUT2D eigenvalue weighted by Crippen LogP contribution is -2.39. The van der Waals surface area contributed by atoms with Crippen LogP contribution in [-0.2, 0) is 17.7 Å². The zero-order valence-corrected chi connectivity index (χ0v) is 26.2. The van der Waals surface area contributed by atoms with E-state index >= 15 is 4.39 Å². The van der Waals surface area contributed by atoms with Gasteiger partial charge in [-0.05, 0) is 77.6 Å². The van der Waals surface area contributed by atoms with Crippen molar-refractivity contribution in [1.29, 1.82) is 0 Å². The highest BCUT2D eigenvalue weighted by Gasteiger charge is 2.30. The van der Waals surface area contributed by atoms with E-state index in [1.165, 1.54) is 12.1 Å². The second kappa shape index (κ2) is 14.7. The Labute approximate surface area is 259 Å². The molecule has 2 aromatic carbocycles. The topological polar surface area (TPSA) is 100 Å². The molecule has 3 heterocycles. The maximum absolute atomic E-state index is 15.1. The molecule has 228 valence electrons. The van der Waals surface area contributed by atoms with E-state index in [-0.39, 0.29) is 11.8 Å². The number of aromatic nitrogens is 2. The van der Waals surface area contributed by atoms with E-state index in [1.807, 2.05) is 25.2 Å². The van der Waals surface area contributed by atoms with Crippen LogP contribution in [0, 0.1) is 11.7 Å². The van der Waals surface area contributed by atoms with Crippen molar-refractivity contribution in [1.82, 2.24) is 25.5 Å². The number of amides is 1. The average Bonchev–Trinajstić information content (AvgIpc) is 3.21. The summed E-state index contributed by atoms with van der Waals surface area (Å²) in [7, 11) is 5.07. The Kier molecular flexibility index (Phi) is 10.8. The van der Waals surface area contributed by atoms with Crippen molar-refractivity contribution in [2.75, 3.05) is 26.0 Å². The summed E-state index contributed by atoms with van der Waals surface area (Å²) in [6, 6.07) is 16.9. The third-order valence-corrected chi connectivity index (χ3v) is 9.48. The average molecular weight is 624 g/mol. The van der Waals surface area contributed by atoms with Crippen LogP contribution < -0.4 is 16.0 Å². The molecule has 1 aliphatic heterocycles. The van der Waals surface area contributed by atoms with Crippen LogP contribution in [0.3, 0.4) is 0 Å². The Hall–Kier alpha value is -2.93. The highest BCUT2D eigenvalue weighted by molar-refractivity contribution is 8.76. The standard InChI is InChI=1S/C32H38FN5O3S2/c1-20(2)16-27(37-32(40)41-14-15-42-43-28-6-4-5-12-35-28)38-26-18-23(33)17-25-29(26)24(11-13-36-31(25)39)30(38)22-9-7-21(8-10-22)19-34-3/h4-10,12,17-18,20,27,32,34,37,40H,11,13-16,19H2,1-3H3,(H,36,39). The zero-order chi connectivity index (χ0) is 30.3. The van der Waals surface area contributed by atoms with Crippen LogP contribution >= 0.6 is 21.6 Å². The van der Waals surface area contributed by atoms with E-state index in [0.717, 1.165) is 39.3 Å². The lowest BCUT2D eigenvalue weighted by atomic mass is 9.99. The number of hydrogen-bond acceptors (Lipinski definition) is 8. The molecule has 8 nitrogen and oxygen atoms in total. The van der Waals surface area contributed by atoms with Gasteiger partial charge < -0.3 is 25.0 Å². The number of halogens is 1. The number of nitrogens with zero attached hydrogens (tertiary/aromatic N) is 2. The Balaban J connectivity index is 1.48. The maximum Gasteiger partial charge on any atom is 0.252 e. The summed E-state index contributed by atoms with van der Waals surface area (Å²) in [5, 5.41) is 22.0. The van der Waals surface area contributed by atoms with Crippen LogP contribution in [0.4, 0.5) is 4.39 Å². The number of rotatable bonds is 14. The molecule has 4 aromatic rings. The summed E-state index contributed by atoms with van der Waals surface area (Å²) in [6.07, 6.45) is 1.30. The minimum absolute atomic E-state index is 0.242. The normalized spacial score (nSPS) is 14.6. The first-order chi connectivity index (χ1) is 20.9. The molecule has 2 unspecified atom stereocenters. The van der Waals surface area contributed by atoms with Gasteiger partial charge in [0.1, 0.15) is 10.8 Å². The van der Waals surface area contributed by atoms with Gasteiger partial charge in [0.2, 0.25) is 6.41 Å². The first kappa shape index (κ1) is 31.5. The second-order valence-corrected chi connectivity index (χ2v) is 13.3. The number of carbonyl (C=O) groups is 1. The highest BCUT2D eigenvalue weighted by Crippen LogP contribution is 2.41. The van der Waals surface area contributed by atoms with Crippen molar-refractivity contribution in [3.63, 3.8) is 0 Å². The number of benzene rings is 2. The van der Waals surface area contributed by atoms with E-state index in [0.29, 0.717) is 42.8 Å². The van der Waals surface area contributed by atoms with E-state index in [9.17, 15) is 9.90 Å². The molecule has 2 atom stereocenters. The molecule has 11 heteroatoms. The molecule has 0 spiro atoms. The minimum Gasteiger partial charge on any atom is -0.356 e. The number of ether oxygens (including phenoxy) is 1. The number of aliphatic hydroxyl groups is 1. The Morgan fingerprint density at radius 2 is 2.00 bits per heavy atom. The van der Waals surface area contributed by atoms with Crippen LogP contribution in [0.2, 0.25) is 0 Å². The molecule has 5 rings (SSSR count). The summed E-state index contributed by atoms with van der Waals surface area (Å²) in [5.41, 5.74) is 4.94. The van der Waals surface area contributed by atoms with Gasteiger partial charge in [0.05, 0.1) is 29.5 Å². The number of hydrogen-bond donors (Lipinski definition) is 4. The third-order valence-electron chi connectivity index (χ3n) is 7.25. The quantitative estimate of drug-likeness (QED) is 0.0805. The fourth-order valence-electron chi connectivity index (χ4n) is 5.52. The summed E-state index contributed by atoms with van der Waals surface area (Å²) in [5.74, 6) is 0.128. The predicted molar refractivity (Wildman–Crippen MR) is 172 cm³/mol. The van der Waals surface area contributed by atoms with Gasteiger partial charge in [-0.2, -0.15) is 0 Å². The molecular weight excluding hydrogens is 586 g/mol. The monoisotopic (exact) mass is 623 g/mol. The Morgan fingerprint density at radius 1 is 1.19 bits per heavy atom. The minimum atomic E-state index is -1.25. The van der Waals surface area contributed by atoms with Gasteiger partial charge >= 0.3 is 0 Å². The molecule has 0 saturated heterocycles. The molecule has 43 heavy (non-hydrogen) atoms. The van der Waals surface area contributed by atoms with Crippen LogP contribution in [0.5, 0.6) is 0 Å². The third kappa shape index (κ3) is 7.60.